The fourth-order valence-electron chi connectivity index (χ4n) is 1.59. The van der Waals surface area contributed by atoms with Crippen LogP contribution in [-0.4, -0.2) is 19.1 Å². The predicted octanol–water partition coefficient (Wildman–Crippen LogP) is 3.57. The van der Waals surface area contributed by atoms with Crippen LogP contribution >= 0.6 is 27.5 Å². The van der Waals surface area contributed by atoms with Gasteiger partial charge in [0.15, 0.2) is 5.75 Å². The van der Waals surface area contributed by atoms with E-state index in [1.807, 2.05) is 6.92 Å². The summed E-state index contributed by atoms with van der Waals surface area (Å²) in [6, 6.07) is 3.41. The maximum absolute atomic E-state index is 11.8. The number of nitrogens with two attached hydrogens (primary N) is 1. The summed E-state index contributed by atoms with van der Waals surface area (Å²) in [5, 5.41) is 3.35. The summed E-state index contributed by atoms with van der Waals surface area (Å²) in [5.41, 5.74) is 5.98. The number of hydrogen-bond acceptors (Lipinski definition) is 3. The molecule has 0 spiro atoms. The first-order chi connectivity index (χ1) is 9.08. The lowest BCUT2D eigenvalue weighted by atomic mass is 10.2. The summed E-state index contributed by atoms with van der Waals surface area (Å²) in [4.78, 5) is 11.8. The van der Waals surface area contributed by atoms with Gasteiger partial charge < -0.3 is 15.8 Å². The van der Waals surface area contributed by atoms with E-state index in [4.69, 9.17) is 22.1 Å². The minimum atomic E-state index is -0.0661. The van der Waals surface area contributed by atoms with Crippen LogP contribution in [-0.2, 0) is 4.79 Å². The fraction of sp³-hybridized carbons (Fsp3) is 0.462. The van der Waals surface area contributed by atoms with Crippen molar-refractivity contribution in [2.45, 2.75) is 26.2 Å². The highest BCUT2D eigenvalue weighted by Crippen LogP contribution is 2.36. The highest BCUT2D eigenvalue weighted by Gasteiger charge is 2.12. The molecule has 0 heterocycles. The van der Waals surface area contributed by atoms with Gasteiger partial charge in [0.05, 0.1) is 16.8 Å². The van der Waals surface area contributed by atoms with Gasteiger partial charge in [0.1, 0.15) is 0 Å². The number of anilines is 1. The molecule has 0 aliphatic rings. The molecule has 3 N–H and O–H groups in total. The summed E-state index contributed by atoms with van der Waals surface area (Å²) < 4.78 is 6.23. The Bertz CT molecular complexity index is 441. The van der Waals surface area contributed by atoms with Crippen molar-refractivity contribution in [2.75, 3.05) is 18.5 Å². The van der Waals surface area contributed by atoms with E-state index in [9.17, 15) is 4.79 Å². The van der Waals surface area contributed by atoms with Crippen molar-refractivity contribution in [3.8, 4) is 5.75 Å². The standard InChI is InChI=1S/C13H18BrClN2O2/c1-2-19-13-10(14)7-9(15)8-11(13)17-12(18)5-3-4-6-16/h7-8H,2-6,16H2,1H3,(H,17,18). The van der Waals surface area contributed by atoms with Crippen LogP contribution in [0.2, 0.25) is 5.02 Å². The predicted molar refractivity (Wildman–Crippen MR) is 81.9 cm³/mol. The van der Waals surface area contributed by atoms with Crippen LogP contribution in [0.4, 0.5) is 5.69 Å². The number of nitrogens with one attached hydrogen (secondary N) is 1. The summed E-state index contributed by atoms with van der Waals surface area (Å²) in [6.45, 7) is 2.99. The van der Waals surface area contributed by atoms with Crippen molar-refractivity contribution in [3.05, 3.63) is 21.6 Å². The Morgan fingerprint density at radius 1 is 1.47 bits per heavy atom. The molecule has 0 aliphatic carbocycles. The molecule has 19 heavy (non-hydrogen) atoms. The molecular formula is C13H18BrClN2O2. The van der Waals surface area contributed by atoms with Gasteiger partial charge in [-0.3, -0.25) is 4.79 Å². The molecule has 1 amide bonds. The molecule has 0 aromatic heterocycles. The molecule has 0 saturated carbocycles. The molecule has 0 fully saturated rings. The van der Waals surface area contributed by atoms with E-state index in [1.165, 1.54) is 0 Å². The van der Waals surface area contributed by atoms with Crippen LogP contribution in [0, 0.1) is 0 Å². The zero-order valence-electron chi connectivity index (χ0n) is 10.8. The van der Waals surface area contributed by atoms with Gasteiger partial charge in [-0.05, 0) is 54.4 Å². The first kappa shape index (κ1) is 16.3. The highest BCUT2D eigenvalue weighted by molar-refractivity contribution is 9.10. The highest BCUT2D eigenvalue weighted by atomic mass is 79.9. The van der Waals surface area contributed by atoms with Crippen LogP contribution in [0.1, 0.15) is 26.2 Å². The third kappa shape index (κ3) is 5.38. The Kier molecular flexibility index (Phi) is 7.20. The SMILES string of the molecule is CCOc1c(Br)cc(Cl)cc1NC(=O)CCCCN. The molecule has 1 rings (SSSR count). The summed E-state index contributed by atoms with van der Waals surface area (Å²) in [7, 11) is 0. The van der Waals surface area contributed by atoms with Crippen molar-refractivity contribution in [1.82, 2.24) is 0 Å². The van der Waals surface area contributed by atoms with Gasteiger partial charge in [-0.2, -0.15) is 0 Å². The largest absolute Gasteiger partial charge is 0.491 e. The second-order valence-electron chi connectivity index (χ2n) is 3.99. The van der Waals surface area contributed by atoms with Crippen LogP contribution in [0.15, 0.2) is 16.6 Å². The fourth-order valence-corrected chi connectivity index (χ4v) is 2.51. The van der Waals surface area contributed by atoms with Crippen molar-refractivity contribution in [1.29, 1.82) is 0 Å². The van der Waals surface area contributed by atoms with Gasteiger partial charge in [-0.1, -0.05) is 11.6 Å². The smallest absolute Gasteiger partial charge is 0.224 e. The maximum Gasteiger partial charge on any atom is 0.224 e. The second-order valence-corrected chi connectivity index (χ2v) is 5.28. The van der Waals surface area contributed by atoms with Crippen molar-refractivity contribution >= 4 is 39.1 Å². The van der Waals surface area contributed by atoms with Gasteiger partial charge in [0.2, 0.25) is 5.91 Å². The average molecular weight is 350 g/mol. The first-order valence-corrected chi connectivity index (χ1v) is 7.37. The van der Waals surface area contributed by atoms with Crippen molar-refractivity contribution < 1.29 is 9.53 Å². The lowest BCUT2D eigenvalue weighted by Gasteiger charge is -2.13. The zero-order chi connectivity index (χ0) is 14.3. The Labute approximate surface area is 126 Å². The van der Waals surface area contributed by atoms with Crippen LogP contribution < -0.4 is 15.8 Å². The average Bonchev–Trinajstić information content (AvgIpc) is 2.34. The lowest BCUT2D eigenvalue weighted by Crippen LogP contribution is -2.13. The number of ether oxygens (including phenoxy) is 1. The van der Waals surface area contributed by atoms with Gasteiger partial charge >= 0.3 is 0 Å². The summed E-state index contributed by atoms with van der Waals surface area (Å²) in [6.07, 6.45) is 2.05. The molecule has 0 unspecified atom stereocenters. The lowest BCUT2D eigenvalue weighted by molar-refractivity contribution is -0.116. The molecule has 4 nitrogen and oxygen atoms in total. The molecule has 0 atom stereocenters. The van der Waals surface area contributed by atoms with E-state index < -0.39 is 0 Å². The maximum atomic E-state index is 11.8. The van der Waals surface area contributed by atoms with E-state index in [-0.39, 0.29) is 5.91 Å². The zero-order valence-corrected chi connectivity index (χ0v) is 13.2. The minimum absolute atomic E-state index is 0.0661. The van der Waals surface area contributed by atoms with Gasteiger partial charge in [0, 0.05) is 11.4 Å². The van der Waals surface area contributed by atoms with Gasteiger partial charge in [0.25, 0.3) is 0 Å². The van der Waals surface area contributed by atoms with Gasteiger partial charge in [-0.25, -0.2) is 0 Å². The molecule has 6 heteroatoms. The van der Waals surface area contributed by atoms with Crippen LogP contribution in [0.5, 0.6) is 5.75 Å². The summed E-state index contributed by atoms with van der Waals surface area (Å²) >= 11 is 9.35. The van der Waals surface area contributed by atoms with Crippen molar-refractivity contribution in [2.24, 2.45) is 5.73 Å². The number of carbonyl (C=O) groups excluding carboxylic acids is 1. The number of unbranched alkanes of at least 4 members (excludes halogenated alkanes) is 1. The van der Waals surface area contributed by atoms with Crippen LogP contribution in [0.3, 0.4) is 0 Å². The number of hydrogen-bond donors (Lipinski definition) is 2. The van der Waals surface area contributed by atoms with E-state index in [0.717, 1.165) is 17.3 Å². The Morgan fingerprint density at radius 2 is 2.21 bits per heavy atom. The van der Waals surface area contributed by atoms with E-state index in [2.05, 4.69) is 21.2 Å². The number of carbonyl (C=O) groups is 1. The summed E-state index contributed by atoms with van der Waals surface area (Å²) in [5.74, 6) is 0.530. The molecule has 0 saturated heterocycles. The number of halogens is 2. The Hall–Kier alpha value is -0.780. The quantitative estimate of drug-likeness (QED) is 0.740. The normalized spacial score (nSPS) is 10.3. The molecule has 1 aromatic carbocycles. The minimum Gasteiger partial charge on any atom is -0.491 e. The monoisotopic (exact) mass is 348 g/mol. The topological polar surface area (TPSA) is 64.3 Å². The number of amides is 1. The molecule has 1 aromatic rings. The first-order valence-electron chi connectivity index (χ1n) is 6.20. The number of rotatable bonds is 7. The number of benzene rings is 1. The van der Waals surface area contributed by atoms with E-state index in [1.54, 1.807) is 12.1 Å². The van der Waals surface area contributed by atoms with E-state index >= 15 is 0 Å². The van der Waals surface area contributed by atoms with Crippen molar-refractivity contribution in [3.63, 3.8) is 0 Å². The Balaban J connectivity index is 2.78. The van der Waals surface area contributed by atoms with Gasteiger partial charge in [-0.15, -0.1) is 0 Å². The molecule has 0 radical (unpaired) electrons. The third-order valence-electron chi connectivity index (χ3n) is 2.43. The third-order valence-corrected chi connectivity index (χ3v) is 3.24. The molecular weight excluding hydrogens is 332 g/mol. The second kappa shape index (κ2) is 8.40. The molecule has 0 aliphatic heterocycles. The molecule has 106 valence electrons. The van der Waals surface area contributed by atoms with E-state index in [0.29, 0.717) is 36.0 Å². The molecule has 0 bridgehead atoms. The Morgan fingerprint density at radius 3 is 2.84 bits per heavy atom. The van der Waals surface area contributed by atoms with Crippen LogP contribution in [0.25, 0.3) is 0 Å².